The van der Waals surface area contributed by atoms with Gasteiger partial charge in [0.2, 0.25) is 0 Å². The van der Waals surface area contributed by atoms with Crippen LogP contribution >= 0.6 is 11.6 Å². The second-order valence-corrected chi connectivity index (χ2v) is 5.16. The number of ether oxygens (including phenoxy) is 1. The molecule has 0 spiro atoms. The molecule has 0 fully saturated rings. The fraction of sp³-hybridized carbons (Fsp3) is 0.0588. The van der Waals surface area contributed by atoms with E-state index in [2.05, 4.69) is 0 Å². The summed E-state index contributed by atoms with van der Waals surface area (Å²) in [6, 6.07) is 13.9. The number of methoxy groups -OCH3 is 1. The lowest BCUT2D eigenvalue weighted by Gasteiger charge is -2.18. The van der Waals surface area contributed by atoms with Gasteiger partial charge in [-0.3, -0.25) is 9.59 Å². The zero-order valence-corrected chi connectivity index (χ0v) is 12.5. The predicted octanol–water partition coefficient (Wildman–Crippen LogP) is 3.31. The largest absolute Gasteiger partial charge is 0.495 e. The molecule has 0 atom stereocenters. The number of halogens is 1. The van der Waals surface area contributed by atoms with Gasteiger partial charge in [0.1, 0.15) is 5.75 Å². The Hall–Kier alpha value is -2.59. The van der Waals surface area contributed by atoms with Crippen molar-refractivity contribution in [3.63, 3.8) is 0 Å². The van der Waals surface area contributed by atoms with Crippen molar-refractivity contribution in [2.24, 2.45) is 0 Å². The third-order valence-electron chi connectivity index (χ3n) is 3.39. The number of benzene rings is 2. The van der Waals surface area contributed by atoms with Gasteiger partial charge in [0.15, 0.2) is 0 Å². The van der Waals surface area contributed by atoms with E-state index in [1.54, 1.807) is 24.3 Å². The van der Waals surface area contributed by atoms with E-state index in [9.17, 15) is 9.59 Å². The average Bonchev–Trinajstić information content (AvgIpc) is 2.83. The number of hydrogen-bond donors (Lipinski definition) is 0. The Morgan fingerprint density at radius 2 is 1.77 bits per heavy atom. The van der Waals surface area contributed by atoms with Crippen LogP contribution in [0.1, 0.15) is 5.56 Å². The lowest BCUT2D eigenvalue weighted by molar-refractivity contribution is -0.119. The Morgan fingerprint density at radius 3 is 2.45 bits per heavy atom. The van der Waals surface area contributed by atoms with Crippen molar-refractivity contribution in [3.05, 3.63) is 65.2 Å². The second-order valence-electron chi connectivity index (χ2n) is 4.72. The maximum Gasteiger partial charge on any atom is 0.266 e. The molecule has 0 saturated carbocycles. The van der Waals surface area contributed by atoms with Gasteiger partial charge >= 0.3 is 0 Å². The summed E-state index contributed by atoms with van der Waals surface area (Å²) in [6.07, 6.45) is 1.33. The second kappa shape index (κ2) is 5.66. The first-order valence-electron chi connectivity index (χ1n) is 6.61. The standard InChI is InChI=1S/C17H12ClNO3/c1-22-15-8-7-12(18)9-14(15)19-16(20)10-13(17(19)21)11-5-3-2-4-6-11/h2-10H,1H3. The van der Waals surface area contributed by atoms with Crippen LogP contribution in [0.25, 0.3) is 5.57 Å². The maximum atomic E-state index is 12.6. The molecule has 1 aliphatic heterocycles. The number of carbonyl (C=O) groups is 2. The van der Waals surface area contributed by atoms with Crippen LogP contribution in [0.4, 0.5) is 5.69 Å². The minimum absolute atomic E-state index is 0.340. The molecule has 1 aliphatic rings. The summed E-state index contributed by atoms with van der Waals surface area (Å²) in [5.41, 5.74) is 1.39. The highest BCUT2D eigenvalue weighted by atomic mass is 35.5. The van der Waals surface area contributed by atoms with Crippen molar-refractivity contribution in [1.82, 2.24) is 0 Å². The van der Waals surface area contributed by atoms with Gasteiger partial charge in [-0.25, -0.2) is 4.90 Å². The number of imide groups is 1. The average molecular weight is 314 g/mol. The molecule has 2 amide bonds. The number of hydrogen-bond acceptors (Lipinski definition) is 3. The maximum absolute atomic E-state index is 12.6. The fourth-order valence-corrected chi connectivity index (χ4v) is 2.53. The van der Waals surface area contributed by atoms with Crippen LogP contribution < -0.4 is 9.64 Å². The summed E-state index contributed by atoms with van der Waals surface area (Å²) < 4.78 is 5.22. The highest BCUT2D eigenvalue weighted by Crippen LogP contribution is 2.36. The van der Waals surface area contributed by atoms with Gasteiger partial charge in [0.25, 0.3) is 11.8 Å². The molecule has 3 rings (SSSR count). The lowest BCUT2D eigenvalue weighted by Crippen LogP contribution is -2.31. The van der Waals surface area contributed by atoms with Crippen molar-refractivity contribution in [1.29, 1.82) is 0 Å². The first-order valence-corrected chi connectivity index (χ1v) is 6.98. The van der Waals surface area contributed by atoms with Crippen LogP contribution in [0.5, 0.6) is 5.75 Å². The van der Waals surface area contributed by atoms with Gasteiger partial charge < -0.3 is 4.74 Å². The number of amides is 2. The van der Waals surface area contributed by atoms with Gasteiger partial charge in [0, 0.05) is 11.1 Å². The zero-order chi connectivity index (χ0) is 15.7. The number of rotatable bonds is 3. The molecule has 22 heavy (non-hydrogen) atoms. The van der Waals surface area contributed by atoms with Gasteiger partial charge in [-0.1, -0.05) is 41.9 Å². The minimum atomic E-state index is -0.413. The van der Waals surface area contributed by atoms with E-state index in [4.69, 9.17) is 16.3 Å². The summed E-state index contributed by atoms with van der Waals surface area (Å²) in [5, 5.41) is 0.421. The highest BCUT2D eigenvalue weighted by molar-refractivity contribution is 6.44. The lowest BCUT2D eigenvalue weighted by atomic mass is 10.1. The summed E-state index contributed by atoms with van der Waals surface area (Å²) in [5.74, 6) is -0.394. The third kappa shape index (κ3) is 2.38. The molecule has 2 aromatic rings. The molecule has 0 radical (unpaired) electrons. The van der Waals surface area contributed by atoms with Crippen LogP contribution in [0.3, 0.4) is 0 Å². The summed E-state index contributed by atoms with van der Waals surface area (Å²) in [6.45, 7) is 0. The van der Waals surface area contributed by atoms with Crippen LogP contribution in [-0.2, 0) is 9.59 Å². The number of nitrogens with zero attached hydrogens (tertiary/aromatic N) is 1. The molecule has 0 N–H and O–H groups in total. The molecule has 4 nitrogen and oxygen atoms in total. The van der Waals surface area contributed by atoms with E-state index in [-0.39, 0.29) is 0 Å². The molecule has 110 valence electrons. The van der Waals surface area contributed by atoms with Crippen molar-refractivity contribution in [2.45, 2.75) is 0 Å². The zero-order valence-electron chi connectivity index (χ0n) is 11.7. The molecular formula is C17H12ClNO3. The van der Waals surface area contributed by atoms with Crippen molar-refractivity contribution in [2.75, 3.05) is 12.0 Å². The highest BCUT2D eigenvalue weighted by Gasteiger charge is 2.34. The molecule has 0 bridgehead atoms. The summed E-state index contributed by atoms with van der Waals surface area (Å²) in [4.78, 5) is 26.0. The van der Waals surface area contributed by atoms with Crippen molar-refractivity contribution in [3.8, 4) is 5.75 Å². The normalized spacial score (nSPS) is 14.3. The van der Waals surface area contributed by atoms with Crippen molar-refractivity contribution >= 4 is 34.7 Å². The quantitative estimate of drug-likeness (QED) is 0.817. The molecule has 0 aliphatic carbocycles. The Morgan fingerprint density at radius 1 is 1.05 bits per heavy atom. The van der Waals surface area contributed by atoms with Gasteiger partial charge in [-0.15, -0.1) is 0 Å². The third-order valence-corrected chi connectivity index (χ3v) is 3.62. The smallest absolute Gasteiger partial charge is 0.266 e. The first kappa shape index (κ1) is 14.4. The minimum Gasteiger partial charge on any atom is -0.495 e. The SMILES string of the molecule is COc1ccc(Cl)cc1N1C(=O)C=C(c2ccccc2)C1=O. The van der Waals surface area contributed by atoms with E-state index in [1.807, 2.05) is 18.2 Å². The van der Waals surface area contributed by atoms with Gasteiger partial charge in [-0.05, 0) is 23.8 Å². The number of carbonyl (C=O) groups excluding carboxylic acids is 2. The van der Waals surface area contributed by atoms with Crippen LogP contribution in [0.2, 0.25) is 5.02 Å². The van der Waals surface area contributed by atoms with Crippen LogP contribution in [0.15, 0.2) is 54.6 Å². The van der Waals surface area contributed by atoms with E-state index in [0.29, 0.717) is 27.6 Å². The predicted molar refractivity (Wildman–Crippen MR) is 84.9 cm³/mol. The molecule has 0 unspecified atom stereocenters. The molecule has 2 aromatic carbocycles. The monoisotopic (exact) mass is 313 g/mol. The molecule has 1 heterocycles. The van der Waals surface area contributed by atoms with Gasteiger partial charge in [-0.2, -0.15) is 0 Å². The Bertz CT molecular complexity index is 784. The van der Waals surface area contributed by atoms with Crippen molar-refractivity contribution < 1.29 is 14.3 Å². The topological polar surface area (TPSA) is 46.6 Å². The fourth-order valence-electron chi connectivity index (χ4n) is 2.36. The van der Waals surface area contributed by atoms with E-state index in [1.165, 1.54) is 19.3 Å². The van der Waals surface area contributed by atoms with Crippen LogP contribution in [0, 0.1) is 0 Å². The Kier molecular flexibility index (Phi) is 3.69. The molecule has 0 aromatic heterocycles. The van der Waals surface area contributed by atoms with Gasteiger partial charge in [0.05, 0.1) is 18.4 Å². The van der Waals surface area contributed by atoms with E-state index < -0.39 is 11.8 Å². The number of anilines is 1. The first-order chi connectivity index (χ1) is 10.6. The Labute approximate surface area is 132 Å². The summed E-state index contributed by atoms with van der Waals surface area (Å²) in [7, 11) is 1.48. The molecule has 5 heteroatoms. The van der Waals surface area contributed by atoms with E-state index in [0.717, 1.165) is 4.90 Å². The van der Waals surface area contributed by atoms with Crippen LogP contribution in [-0.4, -0.2) is 18.9 Å². The molecule has 0 saturated heterocycles. The van der Waals surface area contributed by atoms with E-state index >= 15 is 0 Å². The molecular weight excluding hydrogens is 302 g/mol. The Balaban J connectivity index is 2.04. The summed E-state index contributed by atoms with van der Waals surface area (Å²) >= 11 is 5.98.